The maximum atomic E-state index is 12.6. The van der Waals surface area contributed by atoms with Gasteiger partial charge < -0.3 is 10.1 Å². The van der Waals surface area contributed by atoms with Crippen molar-refractivity contribution < 1.29 is 14.5 Å². The van der Waals surface area contributed by atoms with Crippen LogP contribution in [0.25, 0.3) is 0 Å². The van der Waals surface area contributed by atoms with Crippen LogP contribution in [-0.2, 0) is 23.5 Å². The topological polar surface area (TPSA) is 99.3 Å². The number of methoxy groups -OCH3 is 1. The molecule has 1 atom stereocenters. The van der Waals surface area contributed by atoms with Crippen LogP contribution in [0.2, 0.25) is 0 Å². The van der Waals surface area contributed by atoms with Gasteiger partial charge in [-0.1, -0.05) is 36.4 Å². The maximum Gasteiger partial charge on any atom is 0.311 e. The lowest BCUT2D eigenvalue weighted by Gasteiger charge is -2.24. The predicted molar refractivity (Wildman–Crippen MR) is 127 cm³/mol. The number of aromatic nitrogens is 2. The minimum atomic E-state index is -0.460. The van der Waals surface area contributed by atoms with Crippen LogP contribution in [0.1, 0.15) is 41.3 Å². The number of hydrogen-bond acceptors (Lipinski definition) is 6. The Hall–Kier alpha value is -3.33. The average Bonchev–Trinajstić information content (AvgIpc) is 3.23. The zero-order valence-corrected chi connectivity index (χ0v) is 19.2. The van der Waals surface area contributed by atoms with Gasteiger partial charge in [0.15, 0.2) is 5.75 Å². The van der Waals surface area contributed by atoms with Crippen LogP contribution in [0.3, 0.4) is 0 Å². The van der Waals surface area contributed by atoms with Crippen molar-refractivity contribution in [2.45, 2.75) is 37.6 Å². The summed E-state index contributed by atoms with van der Waals surface area (Å²) in [4.78, 5) is 23.3. The van der Waals surface area contributed by atoms with Gasteiger partial charge in [0, 0.05) is 23.1 Å². The Balaban J connectivity index is 1.33. The number of hydrogen-bond donors (Lipinski definition) is 1. The van der Waals surface area contributed by atoms with Crippen LogP contribution >= 0.6 is 11.8 Å². The first-order chi connectivity index (χ1) is 16.0. The van der Waals surface area contributed by atoms with Crippen molar-refractivity contribution in [1.29, 1.82) is 0 Å². The molecule has 0 radical (unpaired) electrons. The Morgan fingerprint density at radius 1 is 1.27 bits per heavy atom. The van der Waals surface area contributed by atoms with Crippen LogP contribution in [-0.4, -0.2) is 33.5 Å². The molecule has 2 aromatic carbocycles. The Labute approximate surface area is 196 Å². The van der Waals surface area contributed by atoms with Crippen molar-refractivity contribution in [3.63, 3.8) is 0 Å². The fraction of sp³-hybridized carbons (Fsp3) is 0.333. The van der Waals surface area contributed by atoms with Gasteiger partial charge in [-0.15, -0.1) is 11.8 Å². The first kappa shape index (κ1) is 22.8. The lowest BCUT2D eigenvalue weighted by atomic mass is 9.93. The van der Waals surface area contributed by atoms with E-state index in [9.17, 15) is 14.9 Å². The molecule has 4 rings (SSSR count). The Bertz CT molecular complexity index is 1130. The molecular weight excluding hydrogens is 440 g/mol. The highest BCUT2D eigenvalue weighted by Crippen LogP contribution is 2.31. The number of fused-ring (bicyclic) bond motifs is 1. The van der Waals surface area contributed by atoms with Gasteiger partial charge in [0.25, 0.3) is 0 Å². The summed E-state index contributed by atoms with van der Waals surface area (Å²) in [7, 11) is 1.41. The van der Waals surface area contributed by atoms with Gasteiger partial charge in [-0.05, 0) is 36.5 Å². The second-order valence-electron chi connectivity index (χ2n) is 7.96. The summed E-state index contributed by atoms with van der Waals surface area (Å²) in [6.45, 7) is 0.723. The molecule has 1 amide bonds. The molecule has 1 aromatic heterocycles. The summed E-state index contributed by atoms with van der Waals surface area (Å²) < 4.78 is 7.07. The molecule has 1 aliphatic rings. The largest absolute Gasteiger partial charge is 0.490 e. The summed E-state index contributed by atoms with van der Waals surface area (Å²) in [5.41, 5.74) is 4.20. The van der Waals surface area contributed by atoms with Crippen molar-refractivity contribution in [3.8, 4) is 5.75 Å². The molecule has 1 unspecified atom stereocenters. The van der Waals surface area contributed by atoms with E-state index in [2.05, 4.69) is 22.5 Å². The van der Waals surface area contributed by atoms with Crippen molar-refractivity contribution >= 4 is 23.4 Å². The molecular formula is C24H26N4O4S. The second-order valence-corrected chi connectivity index (χ2v) is 8.94. The summed E-state index contributed by atoms with van der Waals surface area (Å²) in [6, 6.07) is 15.1. The molecule has 0 fully saturated rings. The zero-order valence-electron chi connectivity index (χ0n) is 18.4. The monoisotopic (exact) mass is 466 g/mol. The van der Waals surface area contributed by atoms with E-state index in [1.54, 1.807) is 12.1 Å². The number of ether oxygens (including phenoxy) is 1. The number of rotatable bonds is 9. The van der Waals surface area contributed by atoms with Crippen LogP contribution < -0.4 is 10.1 Å². The minimum absolute atomic E-state index is 0.0338. The highest BCUT2D eigenvalue weighted by Gasteiger charge is 2.25. The maximum absolute atomic E-state index is 12.6. The Morgan fingerprint density at radius 3 is 2.85 bits per heavy atom. The zero-order chi connectivity index (χ0) is 23.2. The molecule has 172 valence electrons. The number of carbonyl (C=O) groups excluding carboxylic acids is 1. The standard InChI is InChI=1S/C24H26N4O4S/c1-32-23-11-10-18(12-22(23)28(30)31)15-33-16-24(29)26-20-8-5-9-21-19(20)13-25-27(21)14-17-6-3-2-4-7-17/h2-4,6-7,10-13,20H,5,8-9,14-16H2,1H3,(H,26,29). The van der Waals surface area contributed by atoms with Crippen LogP contribution in [0.15, 0.2) is 54.7 Å². The van der Waals surface area contributed by atoms with E-state index >= 15 is 0 Å². The van der Waals surface area contributed by atoms with Gasteiger partial charge in [-0.2, -0.15) is 5.10 Å². The number of amides is 1. The Morgan fingerprint density at radius 2 is 2.09 bits per heavy atom. The number of nitrogens with one attached hydrogen (secondary N) is 1. The Kier molecular flexibility index (Phi) is 7.29. The molecule has 0 aliphatic heterocycles. The first-order valence-corrected chi connectivity index (χ1v) is 12.0. The van der Waals surface area contributed by atoms with E-state index in [0.29, 0.717) is 5.75 Å². The average molecular weight is 467 g/mol. The van der Waals surface area contributed by atoms with Crippen molar-refractivity contribution in [2.24, 2.45) is 0 Å². The fourth-order valence-electron chi connectivity index (χ4n) is 4.13. The number of carbonyl (C=O) groups is 1. The molecule has 1 heterocycles. The molecule has 0 spiro atoms. The van der Waals surface area contributed by atoms with E-state index in [0.717, 1.165) is 36.9 Å². The lowest BCUT2D eigenvalue weighted by Crippen LogP contribution is -2.32. The summed E-state index contributed by atoms with van der Waals surface area (Å²) in [5.74, 6) is 0.969. The first-order valence-electron chi connectivity index (χ1n) is 10.8. The molecule has 1 N–H and O–H groups in total. The molecule has 9 heteroatoms. The van der Waals surface area contributed by atoms with Crippen molar-refractivity contribution in [1.82, 2.24) is 15.1 Å². The fourth-order valence-corrected chi connectivity index (χ4v) is 4.91. The summed E-state index contributed by atoms with van der Waals surface area (Å²) in [5, 5.41) is 18.9. The number of benzene rings is 2. The van der Waals surface area contributed by atoms with E-state index in [1.165, 1.54) is 36.2 Å². The molecule has 8 nitrogen and oxygen atoms in total. The lowest BCUT2D eigenvalue weighted by molar-refractivity contribution is -0.385. The van der Waals surface area contributed by atoms with Crippen LogP contribution in [0, 0.1) is 10.1 Å². The molecule has 0 bridgehead atoms. The summed E-state index contributed by atoms with van der Waals surface area (Å²) >= 11 is 1.43. The highest BCUT2D eigenvalue weighted by atomic mass is 32.2. The van der Waals surface area contributed by atoms with E-state index in [-0.39, 0.29) is 29.1 Å². The van der Waals surface area contributed by atoms with Crippen molar-refractivity contribution in [3.05, 3.63) is 87.2 Å². The van der Waals surface area contributed by atoms with E-state index < -0.39 is 4.92 Å². The van der Waals surface area contributed by atoms with Crippen LogP contribution in [0.4, 0.5) is 5.69 Å². The molecule has 1 aliphatic carbocycles. The van der Waals surface area contributed by atoms with Crippen LogP contribution in [0.5, 0.6) is 5.75 Å². The normalized spacial score (nSPS) is 15.0. The third kappa shape index (κ3) is 5.54. The van der Waals surface area contributed by atoms with Gasteiger partial charge in [0.2, 0.25) is 5.91 Å². The van der Waals surface area contributed by atoms with Crippen molar-refractivity contribution in [2.75, 3.05) is 12.9 Å². The second kappa shape index (κ2) is 10.5. The molecule has 0 saturated heterocycles. The minimum Gasteiger partial charge on any atom is -0.490 e. The van der Waals surface area contributed by atoms with E-state index in [4.69, 9.17) is 4.74 Å². The third-order valence-corrected chi connectivity index (χ3v) is 6.72. The quantitative estimate of drug-likeness (QED) is 0.373. The van der Waals surface area contributed by atoms with E-state index in [1.807, 2.05) is 29.1 Å². The molecule has 33 heavy (non-hydrogen) atoms. The predicted octanol–water partition coefficient (Wildman–Crippen LogP) is 4.28. The number of thioether (sulfide) groups is 1. The number of nitrogens with zero attached hydrogens (tertiary/aromatic N) is 3. The van der Waals surface area contributed by atoms with Gasteiger partial charge >= 0.3 is 5.69 Å². The van der Waals surface area contributed by atoms with Gasteiger partial charge in [0.1, 0.15) is 0 Å². The third-order valence-electron chi connectivity index (χ3n) is 5.72. The smallest absolute Gasteiger partial charge is 0.311 e. The molecule has 0 saturated carbocycles. The number of nitro benzene ring substituents is 1. The SMILES string of the molecule is COc1ccc(CSCC(=O)NC2CCCc3c2cnn3Cc2ccccc2)cc1[N+](=O)[O-]. The van der Waals surface area contributed by atoms with Gasteiger partial charge in [0.05, 0.1) is 36.6 Å². The molecule has 3 aromatic rings. The highest BCUT2D eigenvalue weighted by molar-refractivity contribution is 7.99. The van der Waals surface area contributed by atoms with Gasteiger partial charge in [-0.25, -0.2) is 0 Å². The summed E-state index contributed by atoms with van der Waals surface area (Å²) in [6.07, 6.45) is 4.73. The number of nitro groups is 1. The van der Waals surface area contributed by atoms with Gasteiger partial charge in [-0.3, -0.25) is 19.6 Å².